The molecule has 102 valence electrons. The van der Waals surface area contributed by atoms with E-state index in [1.165, 1.54) is 5.56 Å². The van der Waals surface area contributed by atoms with Crippen molar-refractivity contribution in [2.75, 3.05) is 4.90 Å². The molecule has 0 atom stereocenters. The molecule has 2 aromatic rings. The molecular formula is C17H18N2O. The molecule has 1 aliphatic heterocycles. The number of hydrogen-bond acceptors (Lipinski definition) is 2. The maximum absolute atomic E-state index is 12.5. The second-order valence-corrected chi connectivity index (χ2v) is 5.09. The SMILES string of the molecule is NCc1ccc2c(c1)N(c1ccccc1)C(=O)CCC2. The number of anilines is 2. The Hall–Kier alpha value is -2.13. The van der Waals surface area contributed by atoms with E-state index in [9.17, 15) is 4.79 Å². The molecule has 0 bridgehead atoms. The number of carbonyl (C=O) groups is 1. The van der Waals surface area contributed by atoms with Gasteiger partial charge in [-0.1, -0.05) is 30.3 Å². The van der Waals surface area contributed by atoms with Crippen LogP contribution >= 0.6 is 0 Å². The van der Waals surface area contributed by atoms with E-state index in [2.05, 4.69) is 12.1 Å². The number of nitrogens with zero attached hydrogens (tertiary/aromatic N) is 1. The maximum Gasteiger partial charge on any atom is 0.231 e. The molecule has 0 saturated carbocycles. The van der Waals surface area contributed by atoms with Crippen molar-refractivity contribution in [3.8, 4) is 0 Å². The van der Waals surface area contributed by atoms with Gasteiger partial charge in [0.1, 0.15) is 0 Å². The van der Waals surface area contributed by atoms with Crippen LogP contribution < -0.4 is 10.6 Å². The fourth-order valence-corrected chi connectivity index (χ4v) is 2.69. The summed E-state index contributed by atoms with van der Waals surface area (Å²) in [5.74, 6) is 0.157. The van der Waals surface area contributed by atoms with Crippen LogP contribution in [-0.4, -0.2) is 5.91 Å². The van der Waals surface area contributed by atoms with E-state index in [4.69, 9.17) is 5.73 Å². The summed E-state index contributed by atoms with van der Waals surface area (Å²) in [6.45, 7) is 0.490. The predicted octanol–water partition coefficient (Wildman–Crippen LogP) is 3.15. The van der Waals surface area contributed by atoms with E-state index in [1.54, 1.807) is 0 Å². The monoisotopic (exact) mass is 266 g/mol. The van der Waals surface area contributed by atoms with Crippen LogP contribution in [-0.2, 0) is 17.8 Å². The second kappa shape index (κ2) is 5.47. The van der Waals surface area contributed by atoms with Gasteiger partial charge in [-0.3, -0.25) is 9.69 Å². The number of amides is 1. The minimum absolute atomic E-state index is 0.157. The van der Waals surface area contributed by atoms with Crippen LogP contribution in [0.2, 0.25) is 0 Å². The Labute approximate surface area is 119 Å². The normalized spacial score (nSPS) is 14.8. The summed E-state index contributed by atoms with van der Waals surface area (Å²) in [7, 11) is 0. The van der Waals surface area contributed by atoms with Crippen LogP contribution in [0.1, 0.15) is 24.0 Å². The third-order valence-corrected chi connectivity index (χ3v) is 3.73. The Bertz CT molecular complexity index is 622. The number of para-hydroxylation sites is 1. The quantitative estimate of drug-likeness (QED) is 0.907. The molecule has 3 rings (SSSR count). The molecule has 3 nitrogen and oxygen atoms in total. The summed E-state index contributed by atoms with van der Waals surface area (Å²) < 4.78 is 0. The summed E-state index contributed by atoms with van der Waals surface area (Å²) in [5.41, 5.74) is 9.93. The summed E-state index contributed by atoms with van der Waals surface area (Å²) in [4.78, 5) is 14.3. The predicted molar refractivity (Wildman–Crippen MR) is 80.9 cm³/mol. The summed E-state index contributed by atoms with van der Waals surface area (Å²) in [6, 6.07) is 16.0. The van der Waals surface area contributed by atoms with Crippen LogP contribution in [0.5, 0.6) is 0 Å². The fourth-order valence-electron chi connectivity index (χ4n) is 2.69. The number of benzene rings is 2. The molecule has 0 spiro atoms. The van der Waals surface area contributed by atoms with Gasteiger partial charge in [0.25, 0.3) is 0 Å². The highest BCUT2D eigenvalue weighted by molar-refractivity contribution is 6.01. The third kappa shape index (κ3) is 2.32. The fraction of sp³-hybridized carbons (Fsp3) is 0.235. The van der Waals surface area contributed by atoms with Crippen molar-refractivity contribution in [3.05, 3.63) is 59.7 Å². The molecular weight excluding hydrogens is 248 g/mol. The first kappa shape index (κ1) is 12.9. The molecule has 1 amide bonds. The third-order valence-electron chi connectivity index (χ3n) is 3.73. The molecule has 2 aromatic carbocycles. The topological polar surface area (TPSA) is 46.3 Å². The van der Waals surface area contributed by atoms with E-state index in [0.717, 1.165) is 29.8 Å². The van der Waals surface area contributed by atoms with Gasteiger partial charge in [-0.15, -0.1) is 0 Å². The Kier molecular flexibility index (Phi) is 3.52. The zero-order chi connectivity index (χ0) is 13.9. The first-order chi connectivity index (χ1) is 9.79. The molecule has 0 aliphatic carbocycles. The van der Waals surface area contributed by atoms with Gasteiger partial charge in [0.05, 0.1) is 5.69 Å². The molecule has 3 heteroatoms. The standard InChI is InChI=1S/C17H18N2O/c18-12-13-9-10-14-5-4-8-17(20)19(16(14)11-13)15-6-2-1-3-7-15/h1-3,6-7,9-11H,4-5,8,12,18H2. The Balaban J connectivity index is 2.15. The van der Waals surface area contributed by atoms with Gasteiger partial charge in [0.2, 0.25) is 5.91 Å². The highest BCUT2D eigenvalue weighted by atomic mass is 16.2. The van der Waals surface area contributed by atoms with Crippen molar-refractivity contribution >= 4 is 17.3 Å². The highest BCUT2D eigenvalue weighted by Gasteiger charge is 2.23. The average Bonchev–Trinajstić information content (AvgIpc) is 2.65. The molecule has 0 saturated heterocycles. The van der Waals surface area contributed by atoms with Crippen molar-refractivity contribution in [2.24, 2.45) is 5.73 Å². The Morgan fingerprint density at radius 1 is 1.05 bits per heavy atom. The number of nitrogens with two attached hydrogens (primary N) is 1. The highest BCUT2D eigenvalue weighted by Crippen LogP contribution is 2.33. The smallest absolute Gasteiger partial charge is 0.231 e. The Morgan fingerprint density at radius 3 is 2.60 bits per heavy atom. The second-order valence-electron chi connectivity index (χ2n) is 5.09. The van der Waals surface area contributed by atoms with Gasteiger partial charge < -0.3 is 5.73 Å². The van der Waals surface area contributed by atoms with Crippen molar-refractivity contribution < 1.29 is 4.79 Å². The largest absolute Gasteiger partial charge is 0.326 e. The van der Waals surface area contributed by atoms with Crippen LogP contribution in [0.15, 0.2) is 48.5 Å². The number of fused-ring (bicyclic) bond motifs is 1. The molecule has 2 N–H and O–H groups in total. The molecule has 20 heavy (non-hydrogen) atoms. The lowest BCUT2D eigenvalue weighted by molar-refractivity contribution is -0.117. The minimum atomic E-state index is 0.157. The van der Waals surface area contributed by atoms with E-state index < -0.39 is 0 Å². The van der Waals surface area contributed by atoms with Crippen LogP contribution in [0.25, 0.3) is 0 Å². The lowest BCUT2D eigenvalue weighted by atomic mass is 10.0. The summed E-state index contributed by atoms with van der Waals surface area (Å²) in [6.07, 6.45) is 2.42. The van der Waals surface area contributed by atoms with Gasteiger partial charge in [-0.2, -0.15) is 0 Å². The molecule has 0 aromatic heterocycles. The number of aryl methyl sites for hydroxylation is 1. The number of hydrogen-bond donors (Lipinski definition) is 1. The number of rotatable bonds is 2. The molecule has 0 unspecified atom stereocenters. The van der Waals surface area contributed by atoms with Crippen LogP contribution in [0.3, 0.4) is 0 Å². The first-order valence-electron chi connectivity index (χ1n) is 6.99. The number of carbonyl (C=O) groups excluding carboxylic acids is 1. The summed E-state index contributed by atoms with van der Waals surface area (Å²) >= 11 is 0. The van der Waals surface area contributed by atoms with E-state index >= 15 is 0 Å². The van der Waals surface area contributed by atoms with Crippen molar-refractivity contribution in [2.45, 2.75) is 25.8 Å². The molecule has 0 radical (unpaired) electrons. The van der Waals surface area contributed by atoms with Gasteiger partial charge in [0.15, 0.2) is 0 Å². The lowest BCUT2D eigenvalue weighted by Crippen LogP contribution is -2.25. The zero-order valence-corrected chi connectivity index (χ0v) is 11.4. The van der Waals surface area contributed by atoms with E-state index in [-0.39, 0.29) is 5.91 Å². The summed E-state index contributed by atoms with van der Waals surface area (Å²) in [5, 5.41) is 0. The van der Waals surface area contributed by atoms with Gasteiger partial charge >= 0.3 is 0 Å². The van der Waals surface area contributed by atoms with Gasteiger partial charge in [-0.25, -0.2) is 0 Å². The van der Waals surface area contributed by atoms with Gasteiger partial charge in [0, 0.05) is 18.7 Å². The van der Waals surface area contributed by atoms with Crippen LogP contribution in [0, 0.1) is 0 Å². The van der Waals surface area contributed by atoms with Crippen molar-refractivity contribution in [3.63, 3.8) is 0 Å². The zero-order valence-electron chi connectivity index (χ0n) is 11.4. The molecule has 1 aliphatic rings. The molecule has 0 fully saturated rings. The molecule has 1 heterocycles. The van der Waals surface area contributed by atoms with Crippen molar-refractivity contribution in [1.29, 1.82) is 0 Å². The van der Waals surface area contributed by atoms with Gasteiger partial charge in [-0.05, 0) is 42.2 Å². The minimum Gasteiger partial charge on any atom is -0.326 e. The van der Waals surface area contributed by atoms with Crippen molar-refractivity contribution in [1.82, 2.24) is 0 Å². The Morgan fingerprint density at radius 2 is 1.85 bits per heavy atom. The average molecular weight is 266 g/mol. The first-order valence-corrected chi connectivity index (χ1v) is 6.99. The maximum atomic E-state index is 12.5. The van der Waals surface area contributed by atoms with E-state index in [1.807, 2.05) is 41.3 Å². The van der Waals surface area contributed by atoms with Crippen LogP contribution in [0.4, 0.5) is 11.4 Å². The van der Waals surface area contributed by atoms with E-state index in [0.29, 0.717) is 13.0 Å². The lowest BCUT2D eigenvalue weighted by Gasteiger charge is -2.23.